The summed E-state index contributed by atoms with van der Waals surface area (Å²) in [5.74, 6) is -0.114. The Bertz CT molecular complexity index is 563. The molecule has 0 spiro atoms. The zero-order chi connectivity index (χ0) is 15.6. The first-order chi connectivity index (χ1) is 9.92. The van der Waals surface area contributed by atoms with Gasteiger partial charge < -0.3 is 10.2 Å². The number of benzene rings is 1. The SMILES string of the molecule is CCC(C)C1NC(=O)CN(Cc2cc(Cl)ccc2Cl)C1=O. The largest absolute Gasteiger partial charge is 0.342 e. The summed E-state index contributed by atoms with van der Waals surface area (Å²) in [6.45, 7) is 4.29. The molecule has 2 amide bonds. The number of hydrogen-bond acceptors (Lipinski definition) is 2. The van der Waals surface area contributed by atoms with Crippen molar-refractivity contribution in [2.24, 2.45) is 5.92 Å². The molecule has 2 unspecified atom stereocenters. The second-order valence-corrected chi connectivity index (χ2v) is 6.20. The molecule has 1 aromatic carbocycles. The maximum atomic E-state index is 12.5. The first-order valence-corrected chi connectivity index (χ1v) is 7.70. The Morgan fingerprint density at radius 2 is 2.10 bits per heavy atom. The number of carbonyl (C=O) groups excluding carboxylic acids is 2. The highest BCUT2D eigenvalue weighted by molar-refractivity contribution is 6.33. The molecular weight excluding hydrogens is 311 g/mol. The van der Waals surface area contributed by atoms with Crippen molar-refractivity contribution in [1.82, 2.24) is 10.2 Å². The number of halogens is 2. The van der Waals surface area contributed by atoms with Gasteiger partial charge in [0, 0.05) is 16.6 Å². The molecular formula is C15H18Cl2N2O2. The van der Waals surface area contributed by atoms with Gasteiger partial charge in [0.25, 0.3) is 0 Å². The molecule has 0 saturated carbocycles. The van der Waals surface area contributed by atoms with Crippen LogP contribution in [-0.2, 0) is 16.1 Å². The summed E-state index contributed by atoms with van der Waals surface area (Å²) in [6, 6.07) is 4.65. The Morgan fingerprint density at radius 3 is 2.76 bits per heavy atom. The first-order valence-electron chi connectivity index (χ1n) is 6.94. The third-order valence-electron chi connectivity index (χ3n) is 3.81. The second kappa shape index (κ2) is 6.67. The van der Waals surface area contributed by atoms with Crippen LogP contribution in [0.15, 0.2) is 18.2 Å². The zero-order valence-corrected chi connectivity index (χ0v) is 13.5. The standard InChI is InChI=1S/C15H18Cl2N2O2/c1-3-9(2)14-15(21)19(8-13(20)18-14)7-10-6-11(16)4-5-12(10)17/h4-6,9,14H,3,7-8H2,1-2H3,(H,18,20). The maximum absolute atomic E-state index is 12.5. The van der Waals surface area contributed by atoms with Crippen molar-refractivity contribution in [3.05, 3.63) is 33.8 Å². The Morgan fingerprint density at radius 1 is 1.38 bits per heavy atom. The van der Waals surface area contributed by atoms with Crippen LogP contribution in [0.2, 0.25) is 10.0 Å². The molecule has 2 atom stereocenters. The minimum absolute atomic E-state index is 0.0502. The fraction of sp³-hybridized carbons (Fsp3) is 0.467. The normalized spacial score (nSPS) is 20.4. The van der Waals surface area contributed by atoms with Crippen molar-refractivity contribution >= 4 is 35.0 Å². The number of hydrogen-bond donors (Lipinski definition) is 1. The van der Waals surface area contributed by atoms with Crippen LogP contribution in [0.1, 0.15) is 25.8 Å². The molecule has 2 rings (SSSR count). The summed E-state index contributed by atoms with van der Waals surface area (Å²) < 4.78 is 0. The number of amides is 2. The van der Waals surface area contributed by atoms with Crippen molar-refractivity contribution in [2.45, 2.75) is 32.9 Å². The monoisotopic (exact) mass is 328 g/mol. The second-order valence-electron chi connectivity index (χ2n) is 5.36. The first kappa shape index (κ1) is 16.1. The van der Waals surface area contributed by atoms with Crippen LogP contribution >= 0.6 is 23.2 Å². The Kier molecular flexibility index (Phi) is 5.12. The number of rotatable bonds is 4. The van der Waals surface area contributed by atoms with E-state index in [2.05, 4.69) is 5.32 Å². The van der Waals surface area contributed by atoms with Gasteiger partial charge in [-0.2, -0.15) is 0 Å². The smallest absolute Gasteiger partial charge is 0.246 e. The number of piperazine rings is 1. The fourth-order valence-corrected chi connectivity index (χ4v) is 2.73. The van der Waals surface area contributed by atoms with Gasteiger partial charge in [0.15, 0.2) is 0 Å². The lowest BCUT2D eigenvalue weighted by molar-refractivity contribution is -0.146. The summed E-state index contributed by atoms with van der Waals surface area (Å²) in [5.41, 5.74) is 0.745. The number of carbonyl (C=O) groups is 2. The van der Waals surface area contributed by atoms with Crippen LogP contribution in [0.3, 0.4) is 0 Å². The quantitative estimate of drug-likeness (QED) is 0.923. The van der Waals surface area contributed by atoms with Gasteiger partial charge in [-0.1, -0.05) is 43.5 Å². The van der Waals surface area contributed by atoms with E-state index >= 15 is 0 Å². The van der Waals surface area contributed by atoms with E-state index in [-0.39, 0.29) is 24.3 Å². The predicted molar refractivity (Wildman–Crippen MR) is 83.3 cm³/mol. The number of nitrogens with zero attached hydrogens (tertiary/aromatic N) is 1. The Labute approximate surface area is 134 Å². The molecule has 114 valence electrons. The van der Waals surface area contributed by atoms with Gasteiger partial charge in [0.05, 0.1) is 6.54 Å². The van der Waals surface area contributed by atoms with E-state index in [0.717, 1.165) is 12.0 Å². The van der Waals surface area contributed by atoms with Crippen molar-refractivity contribution in [3.63, 3.8) is 0 Å². The summed E-state index contributed by atoms with van der Waals surface area (Å²) in [4.78, 5) is 25.9. The Hall–Kier alpha value is -1.26. The van der Waals surface area contributed by atoms with Crippen molar-refractivity contribution < 1.29 is 9.59 Å². The summed E-state index contributed by atoms with van der Waals surface area (Å²) in [5, 5.41) is 3.87. The highest BCUT2D eigenvalue weighted by atomic mass is 35.5. The summed E-state index contributed by atoms with van der Waals surface area (Å²) >= 11 is 12.1. The van der Waals surface area contributed by atoms with Crippen molar-refractivity contribution in [3.8, 4) is 0 Å². The summed E-state index contributed by atoms with van der Waals surface area (Å²) in [7, 11) is 0. The van der Waals surface area contributed by atoms with E-state index in [4.69, 9.17) is 23.2 Å². The molecule has 0 bridgehead atoms. The van der Waals surface area contributed by atoms with E-state index in [9.17, 15) is 9.59 Å². The van der Waals surface area contributed by atoms with Gasteiger partial charge in [-0.25, -0.2) is 0 Å². The predicted octanol–water partition coefficient (Wildman–Crippen LogP) is 2.87. The van der Waals surface area contributed by atoms with Gasteiger partial charge >= 0.3 is 0 Å². The van der Waals surface area contributed by atoms with Crippen molar-refractivity contribution in [2.75, 3.05) is 6.54 Å². The molecule has 0 aromatic heterocycles. The van der Waals surface area contributed by atoms with Gasteiger partial charge in [-0.15, -0.1) is 0 Å². The van der Waals surface area contributed by atoms with E-state index < -0.39 is 6.04 Å². The van der Waals surface area contributed by atoms with E-state index in [1.54, 1.807) is 18.2 Å². The lowest BCUT2D eigenvalue weighted by Crippen LogP contribution is -2.59. The molecule has 1 N–H and O–H groups in total. The van der Waals surface area contributed by atoms with Crippen LogP contribution in [0, 0.1) is 5.92 Å². The van der Waals surface area contributed by atoms with Crippen LogP contribution in [-0.4, -0.2) is 29.3 Å². The molecule has 1 aliphatic heterocycles. The van der Waals surface area contributed by atoms with Gasteiger partial charge in [-0.05, 0) is 29.7 Å². The van der Waals surface area contributed by atoms with Crippen LogP contribution in [0.4, 0.5) is 0 Å². The van der Waals surface area contributed by atoms with Crippen molar-refractivity contribution in [1.29, 1.82) is 0 Å². The lowest BCUT2D eigenvalue weighted by Gasteiger charge is -2.35. The molecule has 0 radical (unpaired) electrons. The average Bonchev–Trinajstić information content (AvgIpc) is 2.45. The van der Waals surface area contributed by atoms with Crippen LogP contribution in [0.25, 0.3) is 0 Å². The number of nitrogens with one attached hydrogen (secondary N) is 1. The van der Waals surface area contributed by atoms with E-state index in [1.807, 2.05) is 13.8 Å². The molecule has 1 heterocycles. The third kappa shape index (κ3) is 3.69. The van der Waals surface area contributed by atoms with E-state index in [0.29, 0.717) is 16.6 Å². The average molecular weight is 329 g/mol. The highest BCUT2D eigenvalue weighted by Crippen LogP contribution is 2.23. The van der Waals surface area contributed by atoms with Gasteiger partial charge in [0.1, 0.15) is 6.04 Å². The minimum atomic E-state index is -0.464. The molecule has 1 aliphatic rings. The van der Waals surface area contributed by atoms with E-state index in [1.165, 1.54) is 4.90 Å². The third-order valence-corrected chi connectivity index (χ3v) is 4.41. The molecule has 6 heteroatoms. The highest BCUT2D eigenvalue weighted by Gasteiger charge is 2.35. The topological polar surface area (TPSA) is 49.4 Å². The lowest BCUT2D eigenvalue weighted by atomic mass is 9.96. The molecule has 0 aliphatic carbocycles. The molecule has 4 nitrogen and oxygen atoms in total. The summed E-state index contributed by atoms with van der Waals surface area (Å²) in [6.07, 6.45) is 0.822. The minimum Gasteiger partial charge on any atom is -0.342 e. The van der Waals surface area contributed by atoms with Gasteiger partial charge in [0.2, 0.25) is 11.8 Å². The molecule has 1 fully saturated rings. The van der Waals surface area contributed by atoms with Crippen LogP contribution < -0.4 is 5.32 Å². The zero-order valence-electron chi connectivity index (χ0n) is 12.0. The fourth-order valence-electron chi connectivity index (χ4n) is 2.35. The molecule has 21 heavy (non-hydrogen) atoms. The van der Waals surface area contributed by atoms with Crippen LogP contribution in [0.5, 0.6) is 0 Å². The maximum Gasteiger partial charge on any atom is 0.246 e. The molecule has 1 aromatic rings. The Balaban J connectivity index is 2.20. The van der Waals surface area contributed by atoms with Gasteiger partial charge in [-0.3, -0.25) is 9.59 Å². The molecule has 1 saturated heterocycles.